The van der Waals surface area contributed by atoms with Crippen LogP contribution in [-0.2, 0) is 6.18 Å². The van der Waals surface area contributed by atoms with Gasteiger partial charge in [-0.05, 0) is 18.2 Å². The molecule has 6 heteroatoms. The maximum atomic E-state index is 12.3. The second-order valence-corrected chi connectivity index (χ2v) is 3.88. The predicted octanol–water partition coefficient (Wildman–Crippen LogP) is 3.38. The number of alkyl halides is 4. The molecule has 16 heavy (non-hydrogen) atoms. The zero-order valence-electron chi connectivity index (χ0n) is 8.01. The first-order valence-electron chi connectivity index (χ1n) is 4.35. The molecule has 0 aliphatic heterocycles. The highest BCUT2D eigenvalue weighted by atomic mass is 79.9. The smallest absolute Gasteiger partial charge is 0.416 e. The summed E-state index contributed by atoms with van der Waals surface area (Å²) in [6.07, 6.45) is -4.48. The molecule has 0 unspecified atom stereocenters. The highest BCUT2D eigenvalue weighted by Crippen LogP contribution is 2.32. The molecular weight excluding hydrogens is 289 g/mol. The molecule has 1 aromatic rings. The van der Waals surface area contributed by atoms with Crippen molar-refractivity contribution < 1.29 is 23.1 Å². The number of carbonyl (C=O) groups excluding carboxylic acids is 1. The van der Waals surface area contributed by atoms with Gasteiger partial charge < -0.3 is 5.11 Å². The molecule has 88 valence electrons. The minimum absolute atomic E-state index is 0.0366. The number of hydrogen-bond acceptors (Lipinski definition) is 2. The van der Waals surface area contributed by atoms with Crippen molar-refractivity contribution >= 4 is 21.7 Å². The molecule has 0 amide bonds. The number of carbonyl (C=O) groups is 1. The van der Waals surface area contributed by atoms with Crippen molar-refractivity contribution in [2.45, 2.75) is 12.6 Å². The first-order valence-corrected chi connectivity index (χ1v) is 5.47. The van der Waals surface area contributed by atoms with Gasteiger partial charge in [0.15, 0.2) is 5.78 Å². The summed E-state index contributed by atoms with van der Waals surface area (Å²) in [6.45, 7) is 0. The monoisotopic (exact) mass is 296 g/mol. The number of aromatic hydroxyl groups is 1. The number of benzene rings is 1. The molecule has 0 saturated carbocycles. The molecule has 0 bridgehead atoms. The van der Waals surface area contributed by atoms with Crippen LogP contribution in [0.2, 0.25) is 0 Å². The van der Waals surface area contributed by atoms with E-state index in [1.54, 1.807) is 0 Å². The SMILES string of the molecule is O=C(CCBr)c1cc(C(F)(F)F)ccc1O. The van der Waals surface area contributed by atoms with Crippen LogP contribution >= 0.6 is 15.9 Å². The van der Waals surface area contributed by atoms with Crippen LogP contribution in [0, 0.1) is 0 Å². The summed E-state index contributed by atoms with van der Waals surface area (Å²) < 4.78 is 37.0. The zero-order chi connectivity index (χ0) is 12.3. The van der Waals surface area contributed by atoms with E-state index in [2.05, 4.69) is 15.9 Å². The molecule has 0 radical (unpaired) electrons. The number of hydrogen-bond donors (Lipinski definition) is 1. The highest BCUT2D eigenvalue weighted by Gasteiger charge is 2.31. The van der Waals surface area contributed by atoms with Gasteiger partial charge in [0.1, 0.15) is 5.75 Å². The van der Waals surface area contributed by atoms with Gasteiger partial charge in [0.25, 0.3) is 0 Å². The summed E-state index contributed by atoms with van der Waals surface area (Å²) in [5.41, 5.74) is -1.24. The van der Waals surface area contributed by atoms with E-state index in [9.17, 15) is 23.1 Å². The minimum atomic E-state index is -4.52. The Morgan fingerprint density at radius 2 is 2.00 bits per heavy atom. The van der Waals surface area contributed by atoms with E-state index in [1.165, 1.54) is 0 Å². The number of phenolic OH excluding ortho intramolecular Hbond substituents is 1. The largest absolute Gasteiger partial charge is 0.507 e. The van der Waals surface area contributed by atoms with E-state index >= 15 is 0 Å². The number of ketones is 1. The summed E-state index contributed by atoms with van der Waals surface area (Å²) in [6, 6.07) is 2.28. The molecule has 0 heterocycles. The molecule has 0 aromatic heterocycles. The van der Waals surface area contributed by atoms with Crippen molar-refractivity contribution in [1.82, 2.24) is 0 Å². The van der Waals surface area contributed by atoms with Crippen LogP contribution in [0.15, 0.2) is 18.2 Å². The Hall–Kier alpha value is -1.04. The quantitative estimate of drug-likeness (QED) is 0.686. The van der Waals surface area contributed by atoms with Gasteiger partial charge in [0, 0.05) is 11.8 Å². The maximum Gasteiger partial charge on any atom is 0.416 e. The van der Waals surface area contributed by atoms with Crippen LogP contribution in [0.4, 0.5) is 13.2 Å². The Bertz CT molecular complexity index is 402. The average Bonchev–Trinajstić information content (AvgIpc) is 2.16. The summed E-state index contributed by atoms with van der Waals surface area (Å²) in [5.74, 6) is -0.959. The molecule has 0 fully saturated rings. The Labute approximate surface area is 98.2 Å². The molecule has 0 aliphatic carbocycles. The van der Waals surface area contributed by atoms with Crippen molar-refractivity contribution in [3.05, 3.63) is 29.3 Å². The lowest BCUT2D eigenvalue weighted by Gasteiger charge is -2.09. The molecule has 2 nitrogen and oxygen atoms in total. The van der Waals surface area contributed by atoms with Gasteiger partial charge in [-0.25, -0.2) is 0 Å². The third-order valence-electron chi connectivity index (χ3n) is 1.95. The highest BCUT2D eigenvalue weighted by molar-refractivity contribution is 9.09. The molecule has 1 rings (SSSR count). The second kappa shape index (κ2) is 4.86. The van der Waals surface area contributed by atoms with E-state index in [-0.39, 0.29) is 12.0 Å². The fourth-order valence-corrected chi connectivity index (χ4v) is 1.52. The van der Waals surface area contributed by atoms with Gasteiger partial charge in [-0.3, -0.25) is 4.79 Å². The first kappa shape index (κ1) is 13.0. The van der Waals surface area contributed by atoms with Crippen LogP contribution < -0.4 is 0 Å². The standard InChI is InChI=1S/C10H8BrF3O2/c11-4-3-9(16)7-5-6(10(12,13)14)1-2-8(7)15/h1-2,5,15H,3-4H2. The van der Waals surface area contributed by atoms with Gasteiger partial charge >= 0.3 is 6.18 Å². The fourth-order valence-electron chi connectivity index (χ4n) is 1.16. The lowest BCUT2D eigenvalue weighted by molar-refractivity contribution is -0.137. The van der Waals surface area contributed by atoms with Crippen molar-refractivity contribution in [3.8, 4) is 5.75 Å². The third-order valence-corrected chi connectivity index (χ3v) is 2.34. The third kappa shape index (κ3) is 2.98. The first-order chi connectivity index (χ1) is 7.36. The summed E-state index contributed by atoms with van der Waals surface area (Å²) >= 11 is 3.01. The molecular formula is C10H8BrF3O2. The van der Waals surface area contributed by atoms with Gasteiger partial charge in [0.2, 0.25) is 0 Å². The van der Waals surface area contributed by atoms with Crippen LogP contribution in [-0.4, -0.2) is 16.2 Å². The molecule has 1 aromatic carbocycles. The van der Waals surface area contributed by atoms with E-state index in [0.717, 1.165) is 12.1 Å². The van der Waals surface area contributed by atoms with Crippen LogP contribution in [0.25, 0.3) is 0 Å². The Morgan fingerprint density at radius 1 is 1.38 bits per heavy atom. The zero-order valence-corrected chi connectivity index (χ0v) is 9.60. The number of rotatable bonds is 3. The fraction of sp³-hybridized carbons (Fsp3) is 0.300. The van der Waals surface area contributed by atoms with Crippen molar-refractivity contribution in [2.24, 2.45) is 0 Å². The molecule has 0 spiro atoms. The molecule has 0 atom stereocenters. The van der Waals surface area contributed by atoms with E-state index in [0.29, 0.717) is 11.4 Å². The van der Waals surface area contributed by atoms with Gasteiger partial charge in [-0.2, -0.15) is 13.2 Å². The van der Waals surface area contributed by atoms with Crippen molar-refractivity contribution in [1.29, 1.82) is 0 Å². The van der Waals surface area contributed by atoms with Crippen LogP contribution in [0.5, 0.6) is 5.75 Å². The van der Waals surface area contributed by atoms with Gasteiger partial charge in [-0.15, -0.1) is 0 Å². The van der Waals surface area contributed by atoms with Crippen molar-refractivity contribution in [2.75, 3.05) is 5.33 Å². The van der Waals surface area contributed by atoms with Crippen LogP contribution in [0.1, 0.15) is 22.3 Å². The van der Waals surface area contributed by atoms with Crippen molar-refractivity contribution in [3.63, 3.8) is 0 Å². The summed E-state index contributed by atoms with van der Waals surface area (Å²) in [7, 11) is 0. The number of phenols is 1. The Kier molecular flexibility index (Phi) is 3.96. The van der Waals surface area contributed by atoms with Crippen LogP contribution in [0.3, 0.4) is 0 Å². The Morgan fingerprint density at radius 3 is 2.50 bits per heavy atom. The van der Waals surface area contributed by atoms with E-state index in [4.69, 9.17) is 0 Å². The second-order valence-electron chi connectivity index (χ2n) is 3.09. The summed E-state index contributed by atoms with van der Waals surface area (Å²) in [5, 5.41) is 9.63. The number of halogens is 4. The van der Waals surface area contributed by atoms with Gasteiger partial charge in [-0.1, -0.05) is 15.9 Å². The maximum absolute atomic E-state index is 12.3. The normalized spacial score (nSPS) is 11.5. The lowest BCUT2D eigenvalue weighted by Crippen LogP contribution is -2.08. The van der Waals surface area contributed by atoms with E-state index < -0.39 is 23.3 Å². The Balaban J connectivity index is 3.14. The molecule has 0 saturated heterocycles. The molecule has 1 N–H and O–H groups in total. The lowest BCUT2D eigenvalue weighted by atomic mass is 10.0. The predicted molar refractivity (Wildman–Crippen MR) is 55.9 cm³/mol. The van der Waals surface area contributed by atoms with E-state index in [1.807, 2.05) is 0 Å². The number of Topliss-reactive ketones (excluding diaryl/α,β-unsaturated/α-hetero) is 1. The van der Waals surface area contributed by atoms with Gasteiger partial charge in [0.05, 0.1) is 11.1 Å². The average molecular weight is 297 g/mol. The summed E-state index contributed by atoms with van der Waals surface area (Å²) in [4.78, 5) is 11.4. The molecule has 0 aliphatic rings. The minimum Gasteiger partial charge on any atom is -0.507 e. The topological polar surface area (TPSA) is 37.3 Å².